The Labute approximate surface area is 161 Å². The van der Waals surface area contributed by atoms with Crippen LogP contribution in [0, 0.1) is 6.92 Å². The number of aryl methyl sites for hydroxylation is 1. The minimum Gasteiger partial charge on any atom is -0.356 e. The topological polar surface area (TPSA) is 54.3 Å². The van der Waals surface area contributed by atoms with E-state index in [-0.39, 0.29) is 30.7 Å². The summed E-state index contributed by atoms with van der Waals surface area (Å²) in [5.41, 5.74) is 3.43. The van der Waals surface area contributed by atoms with Crippen molar-refractivity contribution in [2.45, 2.75) is 52.1 Å². The molecule has 1 unspecified atom stereocenters. The number of nitrogens with one attached hydrogen (secondary N) is 1. The third-order valence-corrected chi connectivity index (χ3v) is 5.13. The quantitative estimate of drug-likeness (QED) is 0.763. The third kappa shape index (κ3) is 4.59. The van der Waals surface area contributed by atoms with Gasteiger partial charge in [-0.1, -0.05) is 43.2 Å². The summed E-state index contributed by atoms with van der Waals surface area (Å²) in [5.74, 6) is 0.00360. The van der Waals surface area contributed by atoms with Crippen molar-refractivity contribution >= 4 is 11.8 Å². The molecule has 0 saturated heterocycles. The molecule has 2 heterocycles. The molecule has 5 nitrogen and oxygen atoms in total. The number of hydrogen-bond donors (Lipinski definition) is 1. The highest BCUT2D eigenvalue weighted by Gasteiger charge is 2.32. The minimum atomic E-state index is -0.0932. The zero-order valence-corrected chi connectivity index (χ0v) is 16.3. The largest absolute Gasteiger partial charge is 0.356 e. The molecule has 27 heavy (non-hydrogen) atoms. The molecule has 2 amide bonds. The first kappa shape index (κ1) is 19.2. The number of carbonyl (C=O) groups excluding carboxylic acids is 2. The molecule has 1 N–H and O–H groups in total. The van der Waals surface area contributed by atoms with Crippen LogP contribution in [0.15, 0.2) is 42.6 Å². The molecule has 0 fully saturated rings. The van der Waals surface area contributed by atoms with Crippen LogP contribution in [-0.2, 0) is 16.1 Å². The van der Waals surface area contributed by atoms with E-state index in [0.29, 0.717) is 13.1 Å². The van der Waals surface area contributed by atoms with Crippen LogP contribution in [0.4, 0.5) is 0 Å². The van der Waals surface area contributed by atoms with Gasteiger partial charge in [-0.2, -0.15) is 0 Å². The van der Waals surface area contributed by atoms with Crippen LogP contribution < -0.4 is 5.32 Å². The van der Waals surface area contributed by atoms with E-state index < -0.39 is 0 Å². The fourth-order valence-electron chi connectivity index (χ4n) is 3.70. The van der Waals surface area contributed by atoms with Gasteiger partial charge >= 0.3 is 0 Å². The molecular formula is C22H29N3O2. The van der Waals surface area contributed by atoms with Crippen LogP contribution >= 0.6 is 0 Å². The van der Waals surface area contributed by atoms with Crippen LogP contribution in [0.5, 0.6) is 0 Å². The molecule has 0 bridgehead atoms. The number of benzene rings is 1. The fraction of sp³-hybridized carbons (Fsp3) is 0.455. The fourth-order valence-corrected chi connectivity index (χ4v) is 3.70. The lowest BCUT2D eigenvalue weighted by Gasteiger charge is -2.37. The minimum absolute atomic E-state index is 0.0377. The van der Waals surface area contributed by atoms with Gasteiger partial charge in [0.05, 0.1) is 6.04 Å². The highest BCUT2D eigenvalue weighted by Crippen LogP contribution is 2.33. The zero-order chi connectivity index (χ0) is 19.2. The Hall–Kier alpha value is -2.56. The Bertz CT molecular complexity index is 796. The van der Waals surface area contributed by atoms with Gasteiger partial charge in [-0.25, -0.2) is 0 Å². The Morgan fingerprint density at radius 3 is 2.78 bits per heavy atom. The van der Waals surface area contributed by atoms with Crippen LogP contribution in [0.3, 0.4) is 0 Å². The summed E-state index contributed by atoms with van der Waals surface area (Å²) in [4.78, 5) is 26.9. The van der Waals surface area contributed by atoms with Crippen LogP contribution in [0.2, 0.25) is 0 Å². The standard InChI is InChI=1S/C22H29N3O2/c1-3-4-12-23-20(26)10-11-21(27)25-15-14-24-13-6-9-19(24)22(25)18-8-5-7-17(2)16-18/h5-9,13,16,22H,3-4,10-12,14-15H2,1-2H3,(H,23,26). The van der Waals surface area contributed by atoms with E-state index in [1.165, 1.54) is 5.56 Å². The lowest BCUT2D eigenvalue weighted by molar-refractivity contribution is -0.136. The molecule has 1 aliphatic heterocycles. The van der Waals surface area contributed by atoms with Crippen LogP contribution in [0.25, 0.3) is 0 Å². The molecular weight excluding hydrogens is 338 g/mol. The predicted molar refractivity (Wildman–Crippen MR) is 106 cm³/mol. The van der Waals surface area contributed by atoms with E-state index in [9.17, 15) is 9.59 Å². The normalized spacial score (nSPS) is 16.1. The number of unbranched alkanes of at least 4 members (excludes halogenated alkanes) is 1. The van der Waals surface area contributed by atoms with Crippen molar-refractivity contribution in [3.8, 4) is 0 Å². The van der Waals surface area contributed by atoms with Crippen LogP contribution in [0.1, 0.15) is 55.5 Å². The summed E-state index contributed by atoms with van der Waals surface area (Å²) >= 11 is 0. The summed E-state index contributed by atoms with van der Waals surface area (Å²) in [6, 6.07) is 12.4. The first-order valence-corrected chi connectivity index (χ1v) is 9.88. The Morgan fingerprint density at radius 1 is 1.15 bits per heavy atom. The van der Waals surface area contributed by atoms with Gasteiger partial charge in [0, 0.05) is 44.4 Å². The Kier molecular flexibility index (Phi) is 6.32. The second-order valence-corrected chi connectivity index (χ2v) is 7.23. The van der Waals surface area contributed by atoms with Crippen molar-refractivity contribution in [2.75, 3.05) is 13.1 Å². The number of hydrogen-bond acceptors (Lipinski definition) is 2. The maximum atomic E-state index is 13.0. The lowest BCUT2D eigenvalue weighted by Crippen LogP contribution is -2.42. The van der Waals surface area contributed by atoms with E-state index in [1.54, 1.807) is 0 Å². The number of amides is 2. The highest BCUT2D eigenvalue weighted by molar-refractivity contribution is 5.84. The average Bonchev–Trinajstić information content (AvgIpc) is 3.14. The van der Waals surface area contributed by atoms with Crippen molar-refractivity contribution in [3.63, 3.8) is 0 Å². The maximum Gasteiger partial charge on any atom is 0.223 e. The Morgan fingerprint density at radius 2 is 2.00 bits per heavy atom. The molecule has 1 aromatic heterocycles. The van der Waals surface area contributed by atoms with Gasteiger partial charge < -0.3 is 14.8 Å². The highest BCUT2D eigenvalue weighted by atomic mass is 16.2. The molecule has 1 aliphatic rings. The lowest BCUT2D eigenvalue weighted by atomic mass is 9.98. The summed E-state index contributed by atoms with van der Waals surface area (Å²) < 4.78 is 2.22. The second-order valence-electron chi connectivity index (χ2n) is 7.23. The SMILES string of the molecule is CCCCNC(=O)CCC(=O)N1CCn2cccc2C1c1cccc(C)c1. The first-order valence-electron chi connectivity index (χ1n) is 9.88. The molecule has 3 rings (SSSR count). The van der Waals surface area contributed by atoms with Gasteiger partial charge in [0.15, 0.2) is 0 Å². The summed E-state index contributed by atoms with van der Waals surface area (Å²) in [6.07, 6.45) is 4.59. The smallest absolute Gasteiger partial charge is 0.223 e. The number of fused-ring (bicyclic) bond motifs is 1. The molecule has 0 spiro atoms. The Balaban J connectivity index is 1.73. The van der Waals surface area contributed by atoms with Crippen molar-refractivity contribution < 1.29 is 9.59 Å². The van der Waals surface area contributed by atoms with Crippen molar-refractivity contribution in [2.24, 2.45) is 0 Å². The van der Waals surface area contributed by atoms with E-state index in [0.717, 1.165) is 30.6 Å². The summed E-state index contributed by atoms with van der Waals surface area (Å²) in [5, 5.41) is 2.89. The van der Waals surface area contributed by atoms with E-state index in [2.05, 4.69) is 54.2 Å². The van der Waals surface area contributed by atoms with Gasteiger partial charge in [-0.15, -0.1) is 0 Å². The molecule has 0 aliphatic carbocycles. The molecule has 1 aromatic carbocycles. The van der Waals surface area contributed by atoms with E-state index in [4.69, 9.17) is 0 Å². The number of aromatic nitrogens is 1. The molecule has 2 aromatic rings. The molecule has 144 valence electrons. The van der Waals surface area contributed by atoms with E-state index in [1.807, 2.05) is 17.0 Å². The first-order chi connectivity index (χ1) is 13.1. The van der Waals surface area contributed by atoms with Crippen molar-refractivity contribution in [1.29, 1.82) is 0 Å². The number of nitrogens with zero attached hydrogens (tertiary/aromatic N) is 2. The van der Waals surface area contributed by atoms with Gasteiger partial charge in [0.2, 0.25) is 11.8 Å². The van der Waals surface area contributed by atoms with Gasteiger partial charge in [0.25, 0.3) is 0 Å². The van der Waals surface area contributed by atoms with E-state index >= 15 is 0 Å². The number of carbonyl (C=O) groups is 2. The van der Waals surface area contributed by atoms with Gasteiger partial charge in [0.1, 0.15) is 0 Å². The summed E-state index contributed by atoms with van der Waals surface area (Å²) in [7, 11) is 0. The third-order valence-electron chi connectivity index (χ3n) is 5.13. The maximum absolute atomic E-state index is 13.0. The van der Waals surface area contributed by atoms with Gasteiger partial charge in [-0.3, -0.25) is 9.59 Å². The predicted octanol–water partition coefficient (Wildman–Crippen LogP) is 3.42. The van der Waals surface area contributed by atoms with Crippen molar-refractivity contribution in [3.05, 3.63) is 59.4 Å². The molecule has 5 heteroatoms. The number of rotatable bonds is 7. The molecule has 1 atom stereocenters. The molecule has 0 saturated carbocycles. The van der Waals surface area contributed by atoms with Crippen LogP contribution in [-0.4, -0.2) is 34.4 Å². The van der Waals surface area contributed by atoms with Gasteiger partial charge in [-0.05, 0) is 31.0 Å². The van der Waals surface area contributed by atoms with Crippen molar-refractivity contribution in [1.82, 2.24) is 14.8 Å². The molecule has 0 radical (unpaired) electrons. The summed E-state index contributed by atoms with van der Waals surface area (Å²) in [6.45, 7) is 6.30. The average molecular weight is 367 g/mol. The zero-order valence-electron chi connectivity index (χ0n) is 16.3. The monoisotopic (exact) mass is 367 g/mol. The second kappa shape index (κ2) is 8.89.